The number of H-pyrrole nitrogens is 1. The average Bonchev–Trinajstić information content (AvgIpc) is 3.15. The highest BCUT2D eigenvalue weighted by atomic mass is 16.3. The molecule has 112 valence electrons. The molecular weight excluding hydrogens is 270 g/mol. The first-order valence-electron chi connectivity index (χ1n) is 7.10. The minimum atomic E-state index is -0.0436. The van der Waals surface area contributed by atoms with Crippen LogP contribution in [-0.2, 0) is 13.7 Å². The van der Waals surface area contributed by atoms with Crippen LogP contribution < -0.4 is 0 Å². The molecule has 2 N–H and O–H groups in total. The molecule has 3 rings (SSSR count). The molecule has 7 nitrogen and oxygen atoms in total. The number of aromatic amines is 1. The van der Waals surface area contributed by atoms with Crippen LogP contribution in [0.5, 0.6) is 0 Å². The maximum Gasteiger partial charge on any atom is 0.257 e. The highest BCUT2D eigenvalue weighted by molar-refractivity contribution is 5.93. The average molecular weight is 289 g/mol. The Labute approximate surface area is 122 Å². The molecule has 2 aromatic heterocycles. The van der Waals surface area contributed by atoms with Gasteiger partial charge in [-0.3, -0.25) is 14.6 Å². The van der Waals surface area contributed by atoms with Gasteiger partial charge >= 0.3 is 0 Å². The van der Waals surface area contributed by atoms with Crippen LogP contribution in [0.1, 0.15) is 40.5 Å². The molecule has 1 unspecified atom stereocenters. The van der Waals surface area contributed by atoms with Gasteiger partial charge in [-0.15, -0.1) is 0 Å². The van der Waals surface area contributed by atoms with Crippen molar-refractivity contribution in [1.82, 2.24) is 24.9 Å². The van der Waals surface area contributed by atoms with Crippen molar-refractivity contribution < 1.29 is 9.90 Å². The minimum Gasteiger partial charge on any atom is -0.390 e. The molecule has 7 heteroatoms. The molecule has 21 heavy (non-hydrogen) atoms. The molecule has 0 aliphatic carbocycles. The number of carbonyl (C=O) groups excluding carboxylic acids is 1. The topological polar surface area (TPSA) is 87.0 Å². The summed E-state index contributed by atoms with van der Waals surface area (Å²) in [5, 5.41) is 20.2. The first-order chi connectivity index (χ1) is 10.2. The molecular formula is C14H19N5O2. The summed E-state index contributed by atoms with van der Waals surface area (Å²) in [5.41, 5.74) is 2.25. The molecule has 1 saturated heterocycles. The Morgan fingerprint density at radius 2 is 2.43 bits per heavy atom. The lowest BCUT2D eigenvalue weighted by Crippen LogP contribution is -2.39. The van der Waals surface area contributed by atoms with Crippen LogP contribution in [0.25, 0.3) is 0 Å². The Hall–Kier alpha value is -2.15. The lowest BCUT2D eigenvalue weighted by atomic mass is 9.94. The monoisotopic (exact) mass is 289 g/mol. The number of rotatable bonds is 3. The van der Waals surface area contributed by atoms with Crippen LogP contribution >= 0.6 is 0 Å². The Morgan fingerprint density at radius 3 is 3.10 bits per heavy atom. The number of hydrogen-bond donors (Lipinski definition) is 2. The first kappa shape index (κ1) is 13.8. The molecule has 0 bridgehead atoms. The smallest absolute Gasteiger partial charge is 0.257 e. The summed E-state index contributed by atoms with van der Waals surface area (Å²) in [6.45, 7) is 1.38. The molecule has 1 fully saturated rings. The lowest BCUT2D eigenvalue weighted by molar-refractivity contribution is 0.0705. The number of aliphatic hydroxyl groups excluding tert-OH is 1. The molecule has 1 amide bonds. The van der Waals surface area contributed by atoms with Gasteiger partial charge in [-0.25, -0.2) is 0 Å². The normalized spacial score (nSPS) is 19.0. The number of aryl methyl sites for hydroxylation is 1. The summed E-state index contributed by atoms with van der Waals surface area (Å²) >= 11 is 0. The zero-order chi connectivity index (χ0) is 14.8. The number of aromatic nitrogens is 4. The second kappa shape index (κ2) is 5.69. The Bertz CT molecular complexity index is 633. The number of piperidine rings is 1. The second-order valence-corrected chi connectivity index (χ2v) is 5.47. The molecule has 1 aliphatic rings. The number of aliphatic hydroxyl groups is 1. The van der Waals surface area contributed by atoms with E-state index in [1.165, 1.54) is 0 Å². The third-order valence-corrected chi connectivity index (χ3v) is 3.90. The van der Waals surface area contributed by atoms with Crippen molar-refractivity contribution >= 4 is 5.91 Å². The van der Waals surface area contributed by atoms with Gasteiger partial charge in [0.05, 0.1) is 29.8 Å². The number of hydrogen-bond acceptors (Lipinski definition) is 4. The first-order valence-corrected chi connectivity index (χ1v) is 7.10. The van der Waals surface area contributed by atoms with E-state index in [1.54, 1.807) is 24.1 Å². The zero-order valence-corrected chi connectivity index (χ0v) is 12.0. The fraction of sp³-hybridized carbons (Fsp3) is 0.500. The summed E-state index contributed by atoms with van der Waals surface area (Å²) < 4.78 is 1.63. The lowest BCUT2D eigenvalue weighted by Gasteiger charge is -2.31. The van der Waals surface area contributed by atoms with Gasteiger partial charge in [-0.1, -0.05) is 0 Å². The van der Waals surface area contributed by atoms with E-state index in [-0.39, 0.29) is 18.4 Å². The molecule has 0 radical (unpaired) electrons. The van der Waals surface area contributed by atoms with E-state index < -0.39 is 0 Å². The molecule has 2 aromatic rings. The molecule has 0 saturated carbocycles. The molecule has 0 aromatic carbocycles. The number of amides is 1. The predicted molar refractivity (Wildman–Crippen MR) is 75.6 cm³/mol. The molecule has 1 aliphatic heterocycles. The Kier molecular flexibility index (Phi) is 3.74. The van der Waals surface area contributed by atoms with Gasteiger partial charge in [-0.05, 0) is 18.9 Å². The van der Waals surface area contributed by atoms with Gasteiger partial charge in [0, 0.05) is 32.3 Å². The number of nitrogens with zero attached hydrogens (tertiary/aromatic N) is 4. The highest BCUT2D eigenvalue weighted by Crippen LogP contribution is 2.26. The van der Waals surface area contributed by atoms with E-state index >= 15 is 0 Å². The van der Waals surface area contributed by atoms with Gasteiger partial charge in [0.15, 0.2) is 0 Å². The van der Waals surface area contributed by atoms with Gasteiger partial charge < -0.3 is 10.0 Å². The van der Waals surface area contributed by atoms with Crippen molar-refractivity contribution in [3.63, 3.8) is 0 Å². The predicted octanol–water partition coefficient (Wildman–Crippen LogP) is 0.655. The quantitative estimate of drug-likeness (QED) is 0.869. The Balaban J connectivity index is 1.72. The summed E-state index contributed by atoms with van der Waals surface area (Å²) in [6.07, 6.45) is 5.30. The van der Waals surface area contributed by atoms with Gasteiger partial charge in [0.25, 0.3) is 5.91 Å². The van der Waals surface area contributed by atoms with Crippen molar-refractivity contribution in [3.05, 3.63) is 35.4 Å². The van der Waals surface area contributed by atoms with E-state index in [1.807, 2.05) is 11.0 Å². The second-order valence-electron chi connectivity index (χ2n) is 5.47. The Morgan fingerprint density at radius 1 is 1.57 bits per heavy atom. The van der Waals surface area contributed by atoms with E-state index in [2.05, 4.69) is 15.3 Å². The largest absolute Gasteiger partial charge is 0.390 e. The van der Waals surface area contributed by atoms with Gasteiger partial charge in [0.1, 0.15) is 0 Å². The van der Waals surface area contributed by atoms with E-state index in [4.69, 9.17) is 5.11 Å². The standard InChI is InChI=1S/C14H19N5O2/c1-18-7-11(6-15-18)14(21)19-4-2-3-10(8-19)13-5-12(9-20)16-17-13/h5-7,10,20H,2-4,8-9H2,1H3,(H,16,17). The number of carbonyl (C=O) groups is 1. The zero-order valence-electron chi connectivity index (χ0n) is 12.0. The maximum atomic E-state index is 12.5. The highest BCUT2D eigenvalue weighted by Gasteiger charge is 2.27. The van der Waals surface area contributed by atoms with Crippen LogP contribution in [0.2, 0.25) is 0 Å². The van der Waals surface area contributed by atoms with Crippen molar-refractivity contribution in [3.8, 4) is 0 Å². The van der Waals surface area contributed by atoms with Crippen molar-refractivity contribution in [2.24, 2.45) is 7.05 Å². The van der Waals surface area contributed by atoms with Crippen LogP contribution in [0.4, 0.5) is 0 Å². The number of likely N-dealkylation sites (tertiary alicyclic amines) is 1. The number of nitrogens with one attached hydrogen (secondary N) is 1. The summed E-state index contributed by atoms with van der Waals surface area (Å²) in [4.78, 5) is 14.3. The van der Waals surface area contributed by atoms with Crippen LogP contribution in [0, 0.1) is 0 Å². The van der Waals surface area contributed by atoms with Crippen molar-refractivity contribution in [2.45, 2.75) is 25.4 Å². The van der Waals surface area contributed by atoms with E-state index in [0.717, 1.165) is 25.1 Å². The van der Waals surface area contributed by atoms with Gasteiger partial charge in [-0.2, -0.15) is 10.2 Å². The van der Waals surface area contributed by atoms with Gasteiger partial charge in [0.2, 0.25) is 0 Å². The molecule has 0 spiro atoms. The maximum absolute atomic E-state index is 12.5. The summed E-state index contributed by atoms with van der Waals surface area (Å²) in [6, 6.07) is 1.88. The third kappa shape index (κ3) is 2.82. The van der Waals surface area contributed by atoms with Crippen LogP contribution in [0.3, 0.4) is 0 Å². The SMILES string of the molecule is Cn1cc(C(=O)N2CCCC(c3cc(CO)[nH]n3)C2)cn1. The van der Waals surface area contributed by atoms with Crippen LogP contribution in [-0.4, -0.2) is 49.0 Å². The fourth-order valence-electron chi connectivity index (χ4n) is 2.79. The van der Waals surface area contributed by atoms with Crippen LogP contribution in [0.15, 0.2) is 18.5 Å². The van der Waals surface area contributed by atoms with Crippen molar-refractivity contribution in [1.29, 1.82) is 0 Å². The summed E-state index contributed by atoms with van der Waals surface area (Å²) in [7, 11) is 1.80. The molecule has 3 heterocycles. The van der Waals surface area contributed by atoms with Crippen molar-refractivity contribution in [2.75, 3.05) is 13.1 Å². The fourth-order valence-corrected chi connectivity index (χ4v) is 2.79. The summed E-state index contributed by atoms with van der Waals surface area (Å²) in [5.74, 6) is 0.238. The van der Waals surface area contributed by atoms with E-state index in [9.17, 15) is 4.79 Å². The van der Waals surface area contributed by atoms with E-state index in [0.29, 0.717) is 17.8 Å². The molecule has 1 atom stereocenters. The third-order valence-electron chi connectivity index (χ3n) is 3.90. The minimum absolute atomic E-state index is 0.0192.